The van der Waals surface area contributed by atoms with E-state index >= 15 is 0 Å². The van der Waals surface area contributed by atoms with Crippen LogP contribution in [-0.2, 0) is 6.61 Å². The molecule has 0 heterocycles. The molecule has 0 aliphatic heterocycles. The molecule has 0 radical (unpaired) electrons. The van der Waals surface area contributed by atoms with Crippen molar-refractivity contribution in [1.82, 2.24) is 5.32 Å². The summed E-state index contributed by atoms with van der Waals surface area (Å²) in [5.41, 5.74) is 3.17. The predicted octanol–water partition coefficient (Wildman–Crippen LogP) is 3.99. The number of nitrogens with one attached hydrogen (secondary N) is 1. The summed E-state index contributed by atoms with van der Waals surface area (Å²) >= 11 is 0. The number of rotatable bonds is 5. The molecule has 1 atom stereocenters. The number of aryl methyl sites for hydroxylation is 1. The Morgan fingerprint density at radius 1 is 1.20 bits per heavy atom. The van der Waals surface area contributed by atoms with Gasteiger partial charge >= 0.3 is 0 Å². The van der Waals surface area contributed by atoms with Crippen LogP contribution in [0.25, 0.3) is 0 Å². The van der Waals surface area contributed by atoms with Crippen molar-refractivity contribution < 1.29 is 9.13 Å². The van der Waals surface area contributed by atoms with E-state index in [9.17, 15) is 4.39 Å². The highest BCUT2D eigenvalue weighted by atomic mass is 19.1. The van der Waals surface area contributed by atoms with Crippen molar-refractivity contribution in [2.24, 2.45) is 0 Å². The van der Waals surface area contributed by atoms with Gasteiger partial charge in [0.05, 0.1) is 0 Å². The largest absolute Gasteiger partial charge is 0.489 e. The first-order valence-electron chi connectivity index (χ1n) is 6.76. The molecule has 3 heteroatoms. The lowest BCUT2D eigenvalue weighted by Crippen LogP contribution is -2.14. The van der Waals surface area contributed by atoms with Crippen LogP contribution in [0.4, 0.5) is 4.39 Å². The van der Waals surface area contributed by atoms with Gasteiger partial charge in [0, 0.05) is 11.6 Å². The van der Waals surface area contributed by atoms with Gasteiger partial charge in [-0.25, -0.2) is 4.39 Å². The second kappa shape index (κ2) is 6.53. The van der Waals surface area contributed by atoms with Crippen molar-refractivity contribution in [3.05, 3.63) is 65.0 Å². The molecule has 0 bridgehead atoms. The molecule has 2 rings (SSSR count). The maximum Gasteiger partial charge on any atom is 0.124 e. The lowest BCUT2D eigenvalue weighted by Gasteiger charge is -2.17. The van der Waals surface area contributed by atoms with E-state index in [1.54, 1.807) is 6.07 Å². The lowest BCUT2D eigenvalue weighted by molar-refractivity contribution is 0.299. The SMILES string of the molecule is CNC(C)c1cc(F)ccc1OCc1ccccc1C. The Labute approximate surface area is 119 Å². The highest BCUT2D eigenvalue weighted by Crippen LogP contribution is 2.27. The van der Waals surface area contributed by atoms with Crippen LogP contribution in [0, 0.1) is 12.7 Å². The molecule has 2 aromatic carbocycles. The highest BCUT2D eigenvalue weighted by molar-refractivity contribution is 5.37. The van der Waals surface area contributed by atoms with Crippen LogP contribution in [0.5, 0.6) is 5.75 Å². The molecule has 2 aromatic rings. The van der Waals surface area contributed by atoms with Gasteiger partial charge in [-0.1, -0.05) is 24.3 Å². The zero-order chi connectivity index (χ0) is 14.5. The quantitative estimate of drug-likeness (QED) is 0.889. The molecule has 0 amide bonds. The van der Waals surface area contributed by atoms with E-state index in [1.165, 1.54) is 17.7 Å². The van der Waals surface area contributed by atoms with E-state index in [0.717, 1.165) is 16.9 Å². The molecule has 0 saturated heterocycles. The standard InChI is InChI=1S/C17H20FNO/c1-12-6-4-5-7-14(12)11-20-17-9-8-15(18)10-16(17)13(2)19-3/h4-10,13,19H,11H2,1-3H3. The minimum Gasteiger partial charge on any atom is -0.489 e. The molecule has 0 saturated carbocycles. The maximum atomic E-state index is 13.4. The van der Waals surface area contributed by atoms with Crippen molar-refractivity contribution in [3.8, 4) is 5.75 Å². The van der Waals surface area contributed by atoms with Crippen molar-refractivity contribution >= 4 is 0 Å². The molecular weight excluding hydrogens is 253 g/mol. The Balaban J connectivity index is 2.19. The summed E-state index contributed by atoms with van der Waals surface area (Å²) in [6.45, 7) is 4.53. The Hall–Kier alpha value is -1.87. The van der Waals surface area contributed by atoms with Gasteiger partial charge < -0.3 is 10.1 Å². The Morgan fingerprint density at radius 3 is 2.65 bits per heavy atom. The maximum absolute atomic E-state index is 13.4. The fourth-order valence-electron chi connectivity index (χ4n) is 2.07. The number of benzene rings is 2. The molecular formula is C17H20FNO. The number of hydrogen-bond acceptors (Lipinski definition) is 2. The molecule has 0 spiro atoms. The van der Waals surface area contributed by atoms with E-state index in [4.69, 9.17) is 4.74 Å². The topological polar surface area (TPSA) is 21.3 Å². The summed E-state index contributed by atoms with van der Waals surface area (Å²) in [4.78, 5) is 0. The van der Waals surface area contributed by atoms with Gasteiger partial charge in [0.1, 0.15) is 18.2 Å². The summed E-state index contributed by atoms with van der Waals surface area (Å²) in [6.07, 6.45) is 0. The third-order valence-corrected chi connectivity index (χ3v) is 3.52. The van der Waals surface area contributed by atoms with Gasteiger partial charge in [-0.05, 0) is 50.2 Å². The van der Waals surface area contributed by atoms with Crippen LogP contribution in [0.1, 0.15) is 29.7 Å². The summed E-state index contributed by atoms with van der Waals surface area (Å²) in [5, 5.41) is 3.11. The molecule has 106 valence electrons. The zero-order valence-corrected chi connectivity index (χ0v) is 12.1. The minimum atomic E-state index is -0.245. The van der Waals surface area contributed by atoms with E-state index in [2.05, 4.69) is 18.3 Å². The average Bonchev–Trinajstić information content (AvgIpc) is 2.46. The van der Waals surface area contributed by atoms with Crippen LogP contribution < -0.4 is 10.1 Å². The van der Waals surface area contributed by atoms with Crippen LogP contribution in [-0.4, -0.2) is 7.05 Å². The fraction of sp³-hybridized carbons (Fsp3) is 0.294. The Bertz CT molecular complexity index is 583. The first kappa shape index (κ1) is 14.5. The van der Waals surface area contributed by atoms with E-state index in [1.807, 2.05) is 32.2 Å². The summed E-state index contributed by atoms with van der Waals surface area (Å²) < 4.78 is 19.3. The van der Waals surface area contributed by atoms with E-state index < -0.39 is 0 Å². The van der Waals surface area contributed by atoms with Crippen LogP contribution in [0.2, 0.25) is 0 Å². The zero-order valence-electron chi connectivity index (χ0n) is 12.1. The monoisotopic (exact) mass is 273 g/mol. The van der Waals surface area contributed by atoms with Gasteiger partial charge in [-0.2, -0.15) is 0 Å². The van der Waals surface area contributed by atoms with Gasteiger partial charge in [-0.15, -0.1) is 0 Å². The lowest BCUT2D eigenvalue weighted by atomic mass is 10.1. The first-order valence-corrected chi connectivity index (χ1v) is 6.76. The summed E-state index contributed by atoms with van der Waals surface area (Å²) in [7, 11) is 1.85. The van der Waals surface area contributed by atoms with Crippen LogP contribution in [0.3, 0.4) is 0 Å². The van der Waals surface area contributed by atoms with E-state index in [0.29, 0.717) is 6.61 Å². The van der Waals surface area contributed by atoms with Gasteiger partial charge in [0.15, 0.2) is 0 Å². The van der Waals surface area contributed by atoms with Crippen LogP contribution >= 0.6 is 0 Å². The second-order valence-electron chi connectivity index (χ2n) is 4.91. The fourth-order valence-corrected chi connectivity index (χ4v) is 2.07. The van der Waals surface area contributed by atoms with Gasteiger partial charge in [0.25, 0.3) is 0 Å². The molecule has 0 aliphatic carbocycles. The Morgan fingerprint density at radius 2 is 1.95 bits per heavy atom. The van der Waals surface area contributed by atoms with Crippen molar-refractivity contribution in [2.75, 3.05) is 7.05 Å². The van der Waals surface area contributed by atoms with Gasteiger partial charge in [-0.3, -0.25) is 0 Å². The van der Waals surface area contributed by atoms with Crippen molar-refractivity contribution in [3.63, 3.8) is 0 Å². The summed E-state index contributed by atoms with van der Waals surface area (Å²) in [6, 6.07) is 12.8. The minimum absolute atomic E-state index is 0.0394. The van der Waals surface area contributed by atoms with E-state index in [-0.39, 0.29) is 11.9 Å². The molecule has 1 unspecified atom stereocenters. The number of hydrogen-bond donors (Lipinski definition) is 1. The van der Waals surface area contributed by atoms with Crippen molar-refractivity contribution in [1.29, 1.82) is 0 Å². The predicted molar refractivity (Wildman–Crippen MR) is 79.4 cm³/mol. The third kappa shape index (κ3) is 3.36. The molecule has 2 nitrogen and oxygen atoms in total. The average molecular weight is 273 g/mol. The molecule has 1 N–H and O–H groups in total. The molecule has 0 fully saturated rings. The normalized spacial score (nSPS) is 12.2. The number of halogens is 1. The van der Waals surface area contributed by atoms with Crippen molar-refractivity contribution in [2.45, 2.75) is 26.5 Å². The van der Waals surface area contributed by atoms with Gasteiger partial charge in [0.2, 0.25) is 0 Å². The number of ether oxygens (including phenoxy) is 1. The molecule has 0 aromatic heterocycles. The second-order valence-corrected chi connectivity index (χ2v) is 4.91. The first-order chi connectivity index (χ1) is 9.61. The highest BCUT2D eigenvalue weighted by Gasteiger charge is 2.12. The Kier molecular flexibility index (Phi) is 4.74. The van der Waals surface area contributed by atoms with Crippen LogP contribution in [0.15, 0.2) is 42.5 Å². The molecule has 0 aliphatic rings. The summed E-state index contributed by atoms with van der Waals surface area (Å²) in [5.74, 6) is 0.474. The smallest absolute Gasteiger partial charge is 0.124 e. The third-order valence-electron chi connectivity index (χ3n) is 3.52. The molecule has 20 heavy (non-hydrogen) atoms.